The van der Waals surface area contributed by atoms with E-state index in [0.29, 0.717) is 18.6 Å². The zero-order valence-corrected chi connectivity index (χ0v) is 21.3. The lowest BCUT2D eigenvalue weighted by molar-refractivity contribution is -0.142. The summed E-state index contributed by atoms with van der Waals surface area (Å²) in [5.41, 5.74) is 0.488. The zero-order valence-electron chi connectivity index (χ0n) is 21.3. The van der Waals surface area contributed by atoms with E-state index in [9.17, 15) is 24.0 Å². The molecule has 2 atom stereocenters. The van der Waals surface area contributed by atoms with E-state index < -0.39 is 23.8 Å². The van der Waals surface area contributed by atoms with Crippen LogP contribution in [-0.2, 0) is 25.7 Å². The van der Waals surface area contributed by atoms with Gasteiger partial charge in [0.1, 0.15) is 12.3 Å². The van der Waals surface area contributed by atoms with E-state index in [2.05, 4.69) is 10.6 Å². The molecule has 0 bridgehead atoms. The Morgan fingerprint density at radius 1 is 1.05 bits per heavy atom. The summed E-state index contributed by atoms with van der Waals surface area (Å²) in [7, 11) is 0. The first-order valence-corrected chi connectivity index (χ1v) is 12.9. The number of amides is 5. The molecule has 2 unspecified atom stereocenters. The molecule has 0 spiro atoms. The van der Waals surface area contributed by atoms with Crippen molar-refractivity contribution in [2.24, 2.45) is 5.92 Å². The van der Waals surface area contributed by atoms with Gasteiger partial charge in [0.2, 0.25) is 17.7 Å². The summed E-state index contributed by atoms with van der Waals surface area (Å²) in [6, 6.07) is 8.94. The number of hydrogen-bond acceptors (Lipinski definition) is 7. The maximum atomic E-state index is 13.4. The predicted octanol–water partition coefficient (Wildman–Crippen LogP) is 2.92. The Kier molecular flexibility index (Phi) is 8.77. The van der Waals surface area contributed by atoms with Gasteiger partial charge in [0.25, 0.3) is 0 Å². The number of furan rings is 1. The molecule has 1 saturated heterocycles. The average molecular weight is 525 g/mol. The maximum absolute atomic E-state index is 13.4. The summed E-state index contributed by atoms with van der Waals surface area (Å²) in [6.45, 7) is 1.72. The number of rotatable bonds is 10. The fourth-order valence-corrected chi connectivity index (χ4v) is 4.98. The summed E-state index contributed by atoms with van der Waals surface area (Å²) < 4.78 is 10.3. The van der Waals surface area contributed by atoms with Gasteiger partial charge in [-0.25, -0.2) is 9.59 Å². The van der Waals surface area contributed by atoms with Crippen LogP contribution in [0.1, 0.15) is 55.1 Å². The number of anilines is 1. The van der Waals surface area contributed by atoms with Crippen molar-refractivity contribution in [1.29, 1.82) is 0 Å². The molecule has 2 aromatic rings. The largest absolute Gasteiger partial charge is 0.467 e. The molecule has 1 aromatic carbocycles. The molecule has 2 N–H and O–H groups in total. The van der Waals surface area contributed by atoms with Gasteiger partial charge in [0, 0.05) is 19.0 Å². The lowest BCUT2D eigenvalue weighted by Crippen LogP contribution is -2.63. The number of carbonyl (C=O) groups is 5. The molecular weight excluding hydrogens is 492 g/mol. The summed E-state index contributed by atoms with van der Waals surface area (Å²) in [5, 5.41) is 5.42. The lowest BCUT2D eigenvalue weighted by atomic mass is 9.81. The van der Waals surface area contributed by atoms with Crippen LogP contribution in [0.4, 0.5) is 10.5 Å². The predicted molar refractivity (Wildman–Crippen MR) is 136 cm³/mol. The highest BCUT2D eigenvalue weighted by molar-refractivity contribution is 6.04. The van der Waals surface area contributed by atoms with E-state index in [4.69, 9.17) is 9.15 Å². The van der Waals surface area contributed by atoms with Crippen molar-refractivity contribution in [3.63, 3.8) is 0 Å². The van der Waals surface area contributed by atoms with Crippen LogP contribution >= 0.6 is 0 Å². The van der Waals surface area contributed by atoms with Gasteiger partial charge >= 0.3 is 12.0 Å². The number of esters is 1. The smallest absolute Gasteiger partial charge is 0.340 e. The standard InChI is InChI=1S/C27H32N4O7/c1-2-37-26(35)19-9-3-5-11-21(19)29-24(33)17-31-22-12-6-4-10-20(22)25(34)30(27(31)36)14-13-23(32)28-16-18-8-7-15-38-18/h3,5,7-9,11,15,20,22H,2,4,6,10,12-14,16-17H2,1H3,(H,28,32)(H,29,33). The number of fused-ring (bicyclic) bond motifs is 1. The van der Waals surface area contributed by atoms with Crippen LogP contribution in [0, 0.1) is 5.92 Å². The van der Waals surface area contributed by atoms with Gasteiger partial charge < -0.3 is 24.7 Å². The molecule has 1 aliphatic heterocycles. The van der Waals surface area contributed by atoms with Crippen LogP contribution in [0.25, 0.3) is 0 Å². The fourth-order valence-electron chi connectivity index (χ4n) is 4.98. The highest BCUT2D eigenvalue weighted by Crippen LogP contribution is 2.34. The molecule has 1 saturated carbocycles. The molecule has 1 aliphatic carbocycles. The summed E-state index contributed by atoms with van der Waals surface area (Å²) >= 11 is 0. The second-order valence-electron chi connectivity index (χ2n) is 9.28. The van der Waals surface area contributed by atoms with Gasteiger partial charge in [0.05, 0.1) is 36.6 Å². The first kappa shape index (κ1) is 26.9. The first-order chi connectivity index (χ1) is 18.4. The molecule has 11 heteroatoms. The van der Waals surface area contributed by atoms with Crippen molar-refractivity contribution in [3.05, 3.63) is 54.0 Å². The monoisotopic (exact) mass is 524 g/mol. The van der Waals surface area contributed by atoms with Gasteiger partial charge in [-0.05, 0) is 44.0 Å². The van der Waals surface area contributed by atoms with Crippen LogP contribution in [0.3, 0.4) is 0 Å². The maximum Gasteiger partial charge on any atom is 0.340 e. The van der Waals surface area contributed by atoms with Crippen molar-refractivity contribution in [2.45, 2.75) is 51.6 Å². The van der Waals surface area contributed by atoms with Crippen LogP contribution in [0.5, 0.6) is 0 Å². The summed E-state index contributed by atoms with van der Waals surface area (Å²) in [5.74, 6) is -1.52. The van der Waals surface area contributed by atoms with E-state index in [1.54, 1.807) is 43.3 Å². The molecule has 0 radical (unpaired) electrons. The zero-order chi connectivity index (χ0) is 27.1. The number of para-hydroxylation sites is 1. The van der Waals surface area contributed by atoms with Crippen LogP contribution in [0.2, 0.25) is 0 Å². The topological polar surface area (TPSA) is 138 Å². The molecule has 2 heterocycles. The number of benzene rings is 1. The lowest BCUT2D eigenvalue weighted by Gasteiger charge is -2.46. The Balaban J connectivity index is 1.43. The summed E-state index contributed by atoms with van der Waals surface area (Å²) in [4.78, 5) is 66.8. The number of carbonyl (C=O) groups excluding carboxylic acids is 5. The van der Waals surface area contributed by atoms with Crippen LogP contribution in [0.15, 0.2) is 47.1 Å². The molecule has 2 fully saturated rings. The van der Waals surface area contributed by atoms with Gasteiger partial charge in [-0.2, -0.15) is 0 Å². The Bertz CT molecular complexity index is 1180. The van der Waals surface area contributed by atoms with Crippen LogP contribution in [-0.4, -0.2) is 65.3 Å². The number of imide groups is 1. The van der Waals surface area contributed by atoms with E-state index >= 15 is 0 Å². The third-order valence-electron chi connectivity index (χ3n) is 6.80. The number of urea groups is 1. The van der Waals surface area contributed by atoms with Crippen molar-refractivity contribution >= 4 is 35.4 Å². The van der Waals surface area contributed by atoms with Gasteiger partial charge in [-0.1, -0.05) is 25.0 Å². The SMILES string of the molecule is CCOC(=O)c1ccccc1NC(=O)CN1C(=O)N(CCC(=O)NCc2ccco2)C(=O)C2CCCCC21. The second-order valence-corrected chi connectivity index (χ2v) is 9.28. The minimum Gasteiger partial charge on any atom is -0.467 e. The van der Waals surface area contributed by atoms with E-state index in [0.717, 1.165) is 17.7 Å². The normalized spacial score (nSPS) is 19.1. The number of hydrogen-bond donors (Lipinski definition) is 2. The molecule has 38 heavy (non-hydrogen) atoms. The van der Waals surface area contributed by atoms with E-state index in [-0.39, 0.29) is 61.8 Å². The van der Waals surface area contributed by atoms with Gasteiger partial charge in [-0.15, -0.1) is 0 Å². The first-order valence-electron chi connectivity index (χ1n) is 12.9. The minimum atomic E-state index is -0.592. The Labute approximate surface area is 220 Å². The third kappa shape index (κ3) is 6.21. The Hall–Kier alpha value is -4.15. The molecule has 4 rings (SSSR count). The molecular formula is C27H32N4O7. The Morgan fingerprint density at radius 2 is 1.84 bits per heavy atom. The van der Waals surface area contributed by atoms with E-state index in [1.807, 2.05) is 0 Å². The second kappa shape index (κ2) is 12.4. The van der Waals surface area contributed by atoms with Crippen molar-refractivity contribution in [2.75, 3.05) is 25.0 Å². The fraction of sp³-hybridized carbons (Fsp3) is 0.444. The van der Waals surface area contributed by atoms with E-state index in [1.165, 1.54) is 11.2 Å². The Morgan fingerprint density at radius 3 is 2.61 bits per heavy atom. The molecule has 202 valence electrons. The average Bonchev–Trinajstić information content (AvgIpc) is 3.44. The minimum absolute atomic E-state index is 0.0669. The molecule has 1 aromatic heterocycles. The van der Waals surface area contributed by atoms with Gasteiger partial charge in [0.15, 0.2) is 0 Å². The molecule has 2 aliphatic rings. The molecule has 5 amide bonds. The molecule has 11 nitrogen and oxygen atoms in total. The number of ether oxygens (including phenoxy) is 1. The number of nitrogens with zero attached hydrogens (tertiary/aromatic N) is 2. The van der Waals surface area contributed by atoms with Crippen molar-refractivity contribution < 1.29 is 33.1 Å². The quantitative estimate of drug-likeness (QED) is 0.456. The third-order valence-corrected chi connectivity index (χ3v) is 6.80. The number of nitrogens with one attached hydrogen (secondary N) is 2. The summed E-state index contributed by atoms with van der Waals surface area (Å²) in [6.07, 6.45) is 4.37. The highest BCUT2D eigenvalue weighted by atomic mass is 16.5. The van der Waals surface area contributed by atoms with Crippen molar-refractivity contribution in [3.8, 4) is 0 Å². The van der Waals surface area contributed by atoms with Crippen LogP contribution < -0.4 is 10.6 Å². The van der Waals surface area contributed by atoms with Crippen molar-refractivity contribution in [1.82, 2.24) is 15.1 Å². The highest BCUT2D eigenvalue weighted by Gasteiger charge is 2.47. The van der Waals surface area contributed by atoms with Gasteiger partial charge in [-0.3, -0.25) is 19.3 Å².